The van der Waals surface area contributed by atoms with Crippen LogP contribution in [-0.2, 0) is 15.3 Å². The Kier molecular flexibility index (Phi) is 6.27. The lowest BCUT2D eigenvalue weighted by Gasteiger charge is -2.43. The molecule has 0 spiro atoms. The van der Waals surface area contributed by atoms with E-state index in [1.54, 1.807) is 0 Å². The molecule has 28 heavy (non-hydrogen) atoms. The van der Waals surface area contributed by atoms with Crippen LogP contribution in [0.25, 0.3) is 0 Å². The molecule has 2 aromatic carbocycles. The van der Waals surface area contributed by atoms with Gasteiger partial charge in [0.25, 0.3) is 0 Å². The van der Waals surface area contributed by atoms with Crippen LogP contribution in [0, 0.1) is 12.8 Å². The number of amides is 1. The zero-order valence-electron chi connectivity index (χ0n) is 17.8. The van der Waals surface area contributed by atoms with Gasteiger partial charge in [0.1, 0.15) is 0 Å². The van der Waals surface area contributed by atoms with Crippen LogP contribution < -0.4 is 5.32 Å². The van der Waals surface area contributed by atoms with Crippen LogP contribution in [0.1, 0.15) is 22.7 Å². The second kappa shape index (κ2) is 8.35. The first-order valence-corrected chi connectivity index (χ1v) is 16.5. The zero-order valence-corrected chi connectivity index (χ0v) is 19.8. The van der Waals surface area contributed by atoms with E-state index in [-0.39, 0.29) is 17.9 Å². The lowest BCUT2D eigenvalue weighted by atomic mass is 9.97. The van der Waals surface area contributed by atoms with E-state index in [0.29, 0.717) is 0 Å². The molecule has 0 radical (unpaired) electrons. The molecule has 1 N–H and O–H groups in total. The van der Waals surface area contributed by atoms with Crippen LogP contribution in [0.4, 0.5) is 0 Å². The molecule has 0 aromatic heterocycles. The quantitative estimate of drug-likeness (QED) is 0.664. The predicted molar refractivity (Wildman–Crippen MR) is 121 cm³/mol. The van der Waals surface area contributed by atoms with Gasteiger partial charge in [-0.05, 0) is 62.7 Å². The Morgan fingerprint density at radius 1 is 1.00 bits per heavy atom. The fraction of sp³-hybridized carbons (Fsp3) is 0.435. The van der Waals surface area contributed by atoms with Gasteiger partial charge in [0, 0.05) is 5.92 Å². The highest BCUT2D eigenvalue weighted by Gasteiger charge is 2.44. The molecule has 1 saturated heterocycles. The summed E-state index contributed by atoms with van der Waals surface area (Å²) < 4.78 is 6.44. The molecule has 0 bridgehead atoms. The van der Waals surface area contributed by atoms with Crippen LogP contribution in [0.15, 0.2) is 54.6 Å². The average Bonchev–Trinajstić information content (AvgIpc) is 2.61. The average molecular weight is 412 g/mol. The number of hydrogen-bond acceptors (Lipinski definition) is 2. The molecule has 1 aliphatic heterocycles. The van der Waals surface area contributed by atoms with Crippen molar-refractivity contribution in [3.05, 3.63) is 71.3 Å². The highest BCUT2D eigenvalue weighted by molar-refractivity contribution is 6.86. The van der Waals surface area contributed by atoms with Crippen molar-refractivity contribution in [2.24, 2.45) is 5.92 Å². The van der Waals surface area contributed by atoms with E-state index in [1.807, 2.05) is 18.2 Å². The molecule has 1 unspecified atom stereocenters. The summed E-state index contributed by atoms with van der Waals surface area (Å²) in [4.78, 5) is 13.3. The van der Waals surface area contributed by atoms with Crippen molar-refractivity contribution < 1.29 is 8.91 Å². The molecule has 1 atom stereocenters. The molecule has 3 nitrogen and oxygen atoms in total. The SMILES string of the molecule is Cc1ccc(CC(NC(=O)C2C[Si](C)(C)O[Si](C)(C)C2)c2ccccc2)cc1. The zero-order chi connectivity index (χ0) is 20.4. The van der Waals surface area contributed by atoms with Gasteiger partial charge in [0.05, 0.1) is 6.04 Å². The molecule has 0 aliphatic carbocycles. The number of rotatable bonds is 5. The summed E-state index contributed by atoms with van der Waals surface area (Å²) in [6.45, 7) is 11.1. The Labute approximate surface area is 171 Å². The van der Waals surface area contributed by atoms with Gasteiger partial charge in [-0.2, -0.15) is 0 Å². The number of hydrogen-bond donors (Lipinski definition) is 1. The molecule has 1 aliphatic rings. The van der Waals surface area contributed by atoms with E-state index >= 15 is 0 Å². The first kappa shape index (κ1) is 21.0. The van der Waals surface area contributed by atoms with Gasteiger partial charge < -0.3 is 9.43 Å². The summed E-state index contributed by atoms with van der Waals surface area (Å²) in [6.07, 6.45) is 0.806. The Morgan fingerprint density at radius 3 is 2.14 bits per heavy atom. The van der Waals surface area contributed by atoms with Gasteiger partial charge in [-0.3, -0.25) is 4.79 Å². The van der Waals surface area contributed by atoms with Crippen molar-refractivity contribution in [3.63, 3.8) is 0 Å². The summed E-state index contributed by atoms with van der Waals surface area (Å²) in [5.74, 6) is 0.284. The van der Waals surface area contributed by atoms with Crippen LogP contribution in [0.2, 0.25) is 38.3 Å². The van der Waals surface area contributed by atoms with Gasteiger partial charge in [0.15, 0.2) is 16.6 Å². The second-order valence-corrected chi connectivity index (χ2v) is 18.1. The highest BCUT2D eigenvalue weighted by Crippen LogP contribution is 2.36. The molecule has 3 rings (SSSR count). The minimum atomic E-state index is -1.76. The Balaban J connectivity index is 1.79. The largest absolute Gasteiger partial charge is 0.455 e. The molecule has 0 saturated carbocycles. The third kappa shape index (κ3) is 5.66. The summed E-state index contributed by atoms with van der Waals surface area (Å²) in [5.41, 5.74) is 3.67. The standard InChI is InChI=1S/C23H33NO2Si2/c1-18-11-13-19(14-12-18)15-22(20-9-7-6-8-10-20)24-23(25)21-16-27(2,3)26-28(4,5)17-21/h6-14,21-22H,15-17H2,1-5H3,(H,24,25). The Bertz CT molecular complexity index is 787. The van der Waals surface area contributed by atoms with E-state index in [2.05, 4.69) is 74.8 Å². The number of carbonyl (C=O) groups excluding carboxylic acids is 1. The number of carbonyl (C=O) groups is 1. The highest BCUT2D eigenvalue weighted by atomic mass is 28.4. The van der Waals surface area contributed by atoms with Crippen LogP contribution >= 0.6 is 0 Å². The van der Waals surface area contributed by atoms with E-state index in [0.717, 1.165) is 24.1 Å². The first-order valence-electron chi connectivity index (χ1n) is 10.2. The van der Waals surface area contributed by atoms with Crippen LogP contribution in [0.5, 0.6) is 0 Å². The molecular formula is C23H33NO2Si2. The number of nitrogens with one attached hydrogen (secondary N) is 1. The maximum atomic E-state index is 13.3. The predicted octanol–water partition coefficient (Wildman–Crippen LogP) is 5.45. The second-order valence-electron chi connectivity index (χ2n) is 9.39. The normalized spacial score (nSPS) is 19.8. The molecule has 2 aromatic rings. The fourth-order valence-corrected chi connectivity index (χ4v) is 14.4. The summed E-state index contributed by atoms with van der Waals surface area (Å²) >= 11 is 0. The summed E-state index contributed by atoms with van der Waals surface area (Å²) in [6, 6.07) is 20.8. The van der Waals surface area contributed by atoms with Crippen molar-refractivity contribution in [1.29, 1.82) is 0 Å². The van der Waals surface area contributed by atoms with E-state index in [1.165, 1.54) is 11.1 Å². The Morgan fingerprint density at radius 2 is 1.57 bits per heavy atom. The monoisotopic (exact) mass is 411 g/mol. The van der Waals surface area contributed by atoms with Crippen molar-refractivity contribution in [3.8, 4) is 0 Å². The van der Waals surface area contributed by atoms with Gasteiger partial charge in [-0.25, -0.2) is 0 Å². The number of benzene rings is 2. The molecule has 1 heterocycles. The lowest BCUT2D eigenvalue weighted by Crippen LogP contribution is -2.54. The molecule has 1 fully saturated rings. The van der Waals surface area contributed by atoms with Gasteiger partial charge in [-0.15, -0.1) is 0 Å². The molecular weight excluding hydrogens is 378 g/mol. The first-order chi connectivity index (χ1) is 13.1. The smallest absolute Gasteiger partial charge is 0.223 e. The van der Waals surface area contributed by atoms with Crippen molar-refractivity contribution in [2.45, 2.75) is 57.7 Å². The lowest BCUT2D eigenvalue weighted by molar-refractivity contribution is -0.125. The fourth-order valence-electron chi connectivity index (χ4n) is 4.46. The van der Waals surface area contributed by atoms with Crippen molar-refractivity contribution >= 4 is 22.5 Å². The minimum Gasteiger partial charge on any atom is -0.455 e. The topological polar surface area (TPSA) is 38.3 Å². The molecule has 1 amide bonds. The summed E-state index contributed by atoms with van der Waals surface area (Å²) in [5, 5.41) is 3.39. The third-order valence-electron chi connectivity index (χ3n) is 5.48. The Hall–Kier alpha value is -1.70. The van der Waals surface area contributed by atoms with Crippen molar-refractivity contribution in [1.82, 2.24) is 5.32 Å². The molecule has 5 heteroatoms. The maximum absolute atomic E-state index is 13.3. The third-order valence-corrected chi connectivity index (χ3v) is 12.9. The van der Waals surface area contributed by atoms with Crippen molar-refractivity contribution in [2.75, 3.05) is 0 Å². The summed E-state index contributed by atoms with van der Waals surface area (Å²) in [7, 11) is -3.52. The van der Waals surface area contributed by atoms with Gasteiger partial charge in [-0.1, -0.05) is 60.2 Å². The van der Waals surface area contributed by atoms with Crippen LogP contribution in [0.3, 0.4) is 0 Å². The maximum Gasteiger partial charge on any atom is 0.223 e. The minimum absolute atomic E-state index is 0.00573. The number of aryl methyl sites for hydroxylation is 1. The van der Waals surface area contributed by atoms with Gasteiger partial charge >= 0.3 is 0 Å². The van der Waals surface area contributed by atoms with E-state index in [9.17, 15) is 4.79 Å². The van der Waals surface area contributed by atoms with Crippen LogP contribution in [-0.4, -0.2) is 22.5 Å². The van der Waals surface area contributed by atoms with Gasteiger partial charge in [0.2, 0.25) is 5.91 Å². The van der Waals surface area contributed by atoms with E-state index < -0.39 is 16.6 Å². The molecule has 150 valence electrons. The van der Waals surface area contributed by atoms with E-state index in [4.69, 9.17) is 4.12 Å².